The van der Waals surface area contributed by atoms with Crippen molar-refractivity contribution < 1.29 is 9.53 Å². The molecule has 3 aromatic carbocycles. The molecule has 3 rings (SSSR count). The number of hydrogen-bond donors (Lipinski definition) is 1. The van der Waals surface area contributed by atoms with E-state index in [1.54, 1.807) is 13.1 Å². The van der Waals surface area contributed by atoms with E-state index in [2.05, 4.69) is 41.4 Å². The Hall–Kier alpha value is -3.34. The van der Waals surface area contributed by atoms with E-state index in [1.807, 2.05) is 54.6 Å². The largest absolute Gasteiger partial charge is 0.481 e. The van der Waals surface area contributed by atoms with Crippen LogP contribution in [0.15, 0.2) is 71.8 Å². The Morgan fingerprint density at radius 2 is 1.72 bits per heavy atom. The van der Waals surface area contributed by atoms with E-state index in [0.29, 0.717) is 5.75 Å². The van der Waals surface area contributed by atoms with Crippen LogP contribution in [-0.4, -0.2) is 31.3 Å². The predicted molar refractivity (Wildman–Crippen MR) is 120 cm³/mol. The minimum absolute atomic E-state index is 0.297. The van der Waals surface area contributed by atoms with Gasteiger partial charge in [-0.1, -0.05) is 42.5 Å². The molecule has 0 aliphatic carbocycles. The maximum atomic E-state index is 12.3. The summed E-state index contributed by atoms with van der Waals surface area (Å²) in [6, 6.07) is 21.9. The van der Waals surface area contributed by atoms with Crippen LogP contribution in [0.4, 0.5) is 5.69 Å². The van der Waals surface area contributed by atoms with Crippen molar-refractivity contribution in [2.24, 2.45) is 5.10 Å². The molecule has 5 nitrogen and oxygen atoms in total. The van der Waals surface area contributed by atoms with Gasteiger partial charge in [0.25, 0.3) is 5.91 Å². The van der Waals surface area contributed by atoms with Gasteiger partial charge in [-0.2, -0.15) is 5.10 Å². The molecular formula is C24H27N3O2. The topological polar surface area (TPSA) is 53.9 Å². The van der Waals surface area contributed by atoms with Gasteiger partial charge in [0.05, 0.1) is 6.21 Å². The molecule has 1 atom stereocenters. The zero-order valence-electron chi connectivity index (χ0n) is 17.1. The molecular weight excluding hydrogens is 362 g/mol. The van der Waals surface area contributed by atoms with Crippen LogP contribution in [0.2, 0.25) is 0 Å². The Labute approximate surface area is 172 Å². The molecule has 150 valence electrons. The fourth-order valence-corrected chi connectivity index (χ4v) is 3.12. The van der Waals surface area contributed by atoms with Crippen LogP contribution in [0.1, 0.15) is 26.3 Å². The van der Waals surface area contributed by atoms with Gasteiger partial charge in [-0.25, -0.2) is 5.43 Å². The van der Waals surface area contributed by atoms with Gasteiger partial charge < -0.3 is 9.64 Å². The lowest BCUT2D eigenvalue weighted by Crippen LogP contribution is -2.33. The molecule has 5 heteroatoms. The molecule has 0 heterocycles. The van der Waals surface area contributed by atoms with E-state index >= 15 is 0 Å². The second-order valence-corrected chi connectivity index (χ2v) is 6.77. The molecule has 1 amide bonds. The van der Waals surface area contributed by atoms with Crippen molar-refractivity contribution in [3.05, 3.63) is 72.3 Å². The average Bonchev–Trinajstić information content (AvgIpc) is 2.75. The molecule has 0 aliphatic heterocycles. The molecule has 0 radical (unpaired) electrons. The molecule has 0 saturated carbocycles. The van der Waals surface area contributed by atoms with E-state index in [-0.39, 0.29) is 5.91 Å². The van der Waals surface area contributed by atoms with Gasteiger partial charge in [0.1, 0.15) is 5.75 Å². The lowest BCUT2D eigenvalue weighted by atomic mass is 10.1. The van der Waals surface area contributed by atoms with E-state index in [4.69, 9.17) is 4.74 Å². The number of nitrogens with one attached hydrogen (secondary N) is 1. The quantitative estimate of drug-likeness (QED) is 0.452. The van der Waals surface area contributed by atoms with Gasteiger partial charge in [-0.3, -0.25) is 4.79 Å². The number of amides is 1. The maximum absolute atomic E-state index is 12.3. The molecule has 0 saturated heterocycles. The minimum atomic E-state index is -0.654. The van der Waals surface area contributed by atoms with Gasteiger partial charge in [0, 0.05) is 18.8 Å². The van der Waals surface area contributed by atoms with Crippen LogP contribution >= 0.6 is 0 Å². The molecule has 0 bridgehead atoms. The lowest BCUT2D eigenvalue weighted by Gasteiger charge is -2.20. The van der Waals surface area contributed by atoms with Crippen LogP contribution < -0.4 is 15.1 Å². The number of hydrazone groups is 1. The number of benzene rings is 3. The summed E-state index contributed by atoms with van der Waals surface area (Å²) in [6.45, 7) is 7.91. The Morgan fingerprint density at radius 1 is 1.03 bits per heavy atom. The van der Waals surface area contributed by atoms with Crippen molar-refractivity contribution >= 4 is 28.6 Å². The van der Waals surface area contributed by atoms with Crippen LogP contribution in [0.25, 0.3) is 10.8 Å². The summed E-state index contributed by atoms with van der Waals surface area (Å²) in [5, 5.41) is 6.26. The summed E-state index contributed by atoms with van der Waals surface area (Å²) in [4.78, 5) is 14.5. The van der Waals surface area contributed by atoms with Crippen molar-refractivity contribution in [2.45, 2.75) is 26.9 Å². The van der Waals surface area contributed by atoms with E-state index in [9.17, 15) is 4.79 Å². The molecule has 0 spiro atoms. The fraction of sp³-hybridized carbons (Fsp3) is 0.250. The molecule has 29 heavy (non-hydrogen) atoms. The van der Waals surface area contributed by atoms with Crippen molar-refractivity contribution in [1.29, 1.82) is 0 Å². The molecule has 0 fully saturated rings. The summed E-state index contributed by atoms with van der Waals surface area (Å²) in [6.07, 6.45) is 0.977. The lowest BCUT2D eigenvalue weighted by molar-refractivity contribution is -0.127. The highest BCUT2D eigenvalue weighted by Crippen LogP contribution is 2.21. The SMILES string of the molecule is CCN(CC)c1ccc(/C=N\NC(=O)[C@H](C)Oc2ccc3ccccc3c2)cc1. The third kappa shape index (κ3) is 5.35. The number of hydrogen-bond acceptors (Lipinski definition) is 4. The van der Waals surface area contributed by atoms with Gasteiger partial charge in [-0.15, -0.1) is 0 Å². The smallest absolute Gasteiger partial charge is 0.280 e. The zero-order chi connectivity index (χ0) is 20.6. The Balaban J connectivity index is 1.55. The number of carbonyl (C=O) groups is 1. The second-order valence-electron chi connectivity index (χ2n) is 6.77. The molecule has 3 aromatic rings. The van der Waals surface area contributed by atoms with E-state index in [1.165, 1.54) is 5.69 Å². The Kier molecular flexibility index (Phi) is 6.85. The first-order chi connectivity index (χ1) is 14.1. The number of nitrogens with zero attached hydrogens (tertiary/aromatic N) is 2. The summed E-state index contributed by atoms with van der Waals surface area (Å²) in [5.74, 6) is 0.358. The third-order valence-corrected chi connectivity index (χ3v) is 4.81. The number of ether oxygens (including phenoxy) is 1. The highest BCUT2D eigenvalue weighted by molar-refractivity contribution is 5.85. The van der Waals surface area contributed by atoms with Crippen LogP contribution in [0.5, 0.6) is 5.75 Å². The van der Waals surface area contributed by atoms with Crippen molar-refractivity contribution in [3.63, 3.8) is 0 Å². The first-order valence-corrected chi connectivity index (χ1v) is 9.94. The highest BCUT2D eigenvalue weighted by atomic mass is 16.5. The van der Waals surface area contributed by atoms with Crippen molar-refractivity contribution in [3.8, 4) is 5.75 Å². The second kappa shape index (κ2) is 9.73. The van der Waals surface area contributed by atoms with Gasteiger partial charge in [0.15, 0.2) is 6.10 Å². The number of anilines is 1. The van der Waals surface area contributed by atoms with Crippen molar-refractivity contribution in [2.75, 3.05) is 18.0 Å². The van der Waals surface area contributed by atoms with Crippen LogP contribution in [-0.2, 0) is 4.79 Å². The number of carbonyl (C=O) groups excluding carboxylic acids is 1. The van der Waals surface area contributed by atoms with Gasteiger partial charge >= 0.3 is 0 Å². The monoisotopic (exact) mass is 389 g/mol. The molecule has 0 aliphatic rings. The van der Waals surface area contributed by atoms with Gasteiger partial charge in [0.2, 0.25) is 0 Å². The first kappa shape index (κ1) is 20.4. The number of rotatable bonds is 8. The van der Waals surface area contributed by atoms with Crippen LogP contribution in [0.3, 0.4) is 0 Å². The summed E-state index contributed by atoms with van der Waals surface area (Å²) < 4.78 is 5.76. The predicted octanol–water partition coefficient (Wildman–Crippen LogP) is 4.60. The highest BCUT2D eigenvalue weighted by Gasteiger charge is 2.14. The van der Waals surface area contributed by atoms with E-state index in [0.717, 1.165) is 29.4 Å². The Morgan fingerprint density at radius 3 is 2.41 bits per heavy atom. The van der Waals surface area contributed by atoms with Crippen molar-refractivity contribution in [1.82, 2.24) is 5.43 Å². The normalized spacial score (nSPS) is 12.1. The van der Waals surface area contributed by atoms with Crippen LogP contribution in [0, 0.1) is 0 Å². The first-order valence-electron chi connectivity index (χ1n) is 9.94. The standard InChI is InChI=1S/C24H27N3O2/c1-4-27(5-2)22-13-10-19(11-14-22)17-25-26-24(28)18(3)29-23-15-12-20-8-6-7-9-21(20)16-23/h6-18H,4-5H2,1-3H3,(H,26,28)/b25-17-/t18-/m0/s1. The third-order valence-electron chi connectivity index (χ3n) is 4.81. The minimum Gasteiger partial charge on any atom is -0.481 e. The zero-order valence-corrected chi connectivity index (χ0v) is 17.1. The summed E-state index contributed by atoms with van der Waals surface area (Å²) in [7, 11) is 0. The average molecular weight is 389 g/mol. The molecule has 1 N–H and O–H groups in total. The molecule has 0 aromatic heterocycles. The summed E-state index contributed by atoms with van der Waals surface area (Å²) in [5.41, 5.74) is 4.64. The molecule has 0 unspecified atom stereocenters. The summed E-state index contributed by atoms with van der Waals surface area (Å²) >= 11 is 0. The Bertz CT molecular complexity index is 979. The fourth-order valence-electron chi connectivity index (χ4n) is 3.12. The van der Waals surface area contributed by atoms with Gasteiger partial charge in [-0.05, 0) is 61.4 Å². The number of fused-ring (bicyclic) bond motifs is 1. The maximum Gasteiger partial charge on any atom is 0.280 e. The van der Waals surface area contributed by atoms with E-state index < -0.39 is 6.10 Å².